The van der Waals surface area contributed by atoms with Gasteiger partial charge in [-0.1, -0.05) is 55.1 Å². The fraction of sp³-hybridized carbons (Fsp3) is 0.444. The summed E-state index contributed by atoms with van der Waals surface area (Å²) < 4.78 is 0. The van der Waals surface area contributed by atoms with Crippen molar-refractivity contribution >= 4 is 0 Å². The van der Waals surface area contributed by atoms with Crippen LogP contribution in [0.1, 0.15) is 24.8 Å². The van der Waals surface area contributed by atoms with E-state index < -0.39 is 0 Å². The summed E-state index contributed by atoms with van der Waals surface area (Å²) in [4.78, 5) is 2.59. The summed E-state index contributed by atoms with van der Waals surface area (Å²) in [5.74, 6) is 0.877. The van der Waals surface area contributed by atoms with Gasteiger partial charge >= 0.3 is 0 Å². The Kier molecular flexibility index (Phi) is 5.90. The van der Waals surface area contributed by atoms with E-state index in [9.17, 15) is 0 Å². The van der Waals surface area contributed by atoms with Crippen molar-refractivity contribution < 1.29 is 0 Å². The van der Waals surface area contributed by atoms with Gasteiger partial charge in [0, 0.05) is 6.54 Å². The minimum absolute atomic E-state index is 0.877. The van der Waals surface area contributed by atoms with Crippen LogP contribution in [-0.4, -0.2) is 24.5 Å². The molecule has 1 heteroatoms. The highest BCUT2D eigenvalue weighted by Gasteiger charge is 2.18. The van der Waals surface area contributed by atoms with Crippen molar-refractivity contribution in [2.75, 3.05) is 19.6 Å². The van der Waals surface area contributed by atoms with Gasteiger partial charge in [0.15, 0.2) is 0 Å². The van der Waals surface area contributed by atoms with Crippen LogP contribution in [-0.2, 0) is 6.42 Å². The Morgan fingerprint density at radius 2 is 1.89 bits per heavy atom. The molecular weight excluding hydrogens is 230 g/mol. The number of nitrogens with zero attached hydrogens (tertiary/aromatic N) is 1. The topological polar surface area (TPSA) is 3.24 Å². The summed E-state index contributed by atoms with van der Waals surface area (Å²) >= 11 is 0. The van der Waals surface area contributed by atoms with E-state index in [1.165, 1.54) is 44.5 Å². The molecule has 1 fully saturated rings. The Labute approximate surface area is 117 Å². The highest BCUT2D eigenvalue weighted by molar-refractivity contribution is 5.15. The van der Waals surface area contributed by atoms with E-state index in [0.717, 1.165) is 12.3 Å². The van der Waals surface area contributed by atoms with E-state index in [4.69, 9.17) is 0 Å². The third-order valence-corrected chi connectivity index (χ3v) is 3.96. The smallest absolute Gasteiger partial charge is 0.00160 e. The molecule has 0 unspecified atom stereocenters. The standard InChI is InChI=1S/C18H25N/c1-2-3-4-8-13-19-14-11-18(12-15-19)16-17-9-6-5-7-10-17/h2-7,9-10,18H,1,8,11-16H2/b4-3+. The lowest BCUT2D eigenvalue weighted by atomic mass is 9.90. The maximum atomic E-state index is 3.69. The van der Waals surface area contributed by atoms with E-state index in [-0.39, 0.29) is 0 Å². The number of hydrogen-bond acceptors (Lipinski definition) is 1. The van der Waals surface area contributed by atoms with Crippen molar-refractivity contribution in [1.82, 2.24) is 4.90 Å². The van der Waals surface area contributed by atoms with Crippen molar-refractivity contribution in [3.8, 4) is 0 Å². The average Bonchev–Trinajstić information content (AvgIpc) is 2.46. The van der Waals surface area contributed by atoms with Gasteiger partial charge in [-0.15, -0.1) is 0 Å². The molecule has 1 aliphatic heterocycles. The predicted octanol–water partition coefficient (Wildman–Crippen LogP) is 4.07. The molecule has 1 aromatic carbocycles. The maximum absolute atomic E-state index is 3.69. The first kappa shape index (κ1) is 14.1. The molecule has 1 nitrogen and oxygen atoms in total. The van der Waals surface area contributed by atoms with Crippen molar-refractivity contribution in [2.45, 2.75) is 25.7 Å². The molecule has 0 bridgehead atoms. The van der Waals surface area contributed by atoms with Crippen molar-refractivity contribution in [3.63, 3.8) is 0 Å². The summed E-state index contributed by atoms with van der Waals surface area (Å²) in [6.07, 6.45) is 11.2. The molecule has 1 aliphatic rings. The van der Waals surface area contributed by atoms with Crippen LogP contribution in [0.15, 0.2) is 55.1 Å². The largest absolute Gasteiger partial charge is 0.303 e. The Morgan fingerprint density at radius 1 is 1.16 bits per heavy atom. The van der Waals surface area contributed by atoms with Crippen LogP contribution in [0.25, 0.3) is 0 Å². The Balaban J connectivity index is 1.68. The second-order valence-corrected chi connectivity index (χ2v) is 5.43. The maximum Gasteiger partial charge on any atom is 0.00160 e. The molecule has 0 spiro atoms. The molecule has 102 valence electrons. The fourth-order valence-corrected chi connectivity index (χ4v) is 2.81. The molecule has 2 rings (SSSR count). The Hall–Kier alpha value is -1.34. The Morgan fingerprint density at radius 3 is 2.58 bits per heavy atom. The van der Waals surface area contributed by atoms with Gasteiger partial charge in [0.05, 0.1) is 0 Å². The van der Waals surface area contributed by atoms with Crippen LogP contribution >= 0.6 is 0 Å². The molecule has 0 saturated carbocycles. The SMILES string of the molecule is C=C/C=C/CCN1CCC(Cc2ccccc2)CC1. The summed E-state index contributed by atoms with van der Waals surface area (Å²) in [7, 11) is 0. The second-order valence-electron chi connectivity index (χ2n) is 5.43. The highest BCUT2D eigenvalue weighted by Crippen LogP contribution is 2.21. The number of benzene rings is 1. The molecule has 1 saturated heterocycles. The highest BCUT2D eigenvalue weighted by atomic mass is 15.1. The number of piperidine rings is 1. The van der Waals surface area contributed by atoms with Gasteiger partial charge in [-0.05, 0) is 50.3 Å². The fourth-order valence-electron chi connectivity index (χ4n) is 2.81. The van der Waals surface area contributed by atoms with Gasteiger partial charge < -0.3 is 4.90 Å². The minimum Gasteiger partial charge on any atom is -0.303 e. The van der Waals surface area contributed by atoms with Gasteiger partial charge in [-0.2, -0.15) is 0 Å². The number of allylic oxidation sites excluding steroid dienone is 2. The van der Waals surface area contributed by atoms with Gasteiger partial charge in [-0.25, -0.2) is 0 Å². The zero-order valence-corrected chi connectivity index (χ0v) is 11.8. The van der Waals surface area contributed by atoms with Crippen molar-refractivity contribution in [1.29, 1.82) is 0 Å². The lowest BCUT2D eigenvalue weighted by molar-refractivity contribution is 0.187. The van der Waals surface area contributed by atoms with Crippen LogP contribution in [0.5, 0.6) is 0 Å². The van der Waals surface area contributed by atoms with Crippen LogP contribution in [0, 0.1) is 5.92 Å². The zero-order chi connectivity index (χ0) is 13.3. The van der Waals surface area contributed by atoms with Crippen LogP contribution in [0.2, 0.25) is 0 Å². The van der Waals surface area contributed by atoms with Crippen LogP contribution < -0.4 is 0 Å². The van der Waals surface area contributed by atoms with Gasteiger partial charge in [-0.3, -0.25) is 0 Å². The third kappa shape index (κ3) is 5.04. The van der Waals surface area contributed by atoms with E-state index in [1.807, 2.05) is 12.2 Å². The first-order valence-corrected chi connectivity index (χ1v) is 7.42. The van der Waals surface area contributed by atoms with Gasteiger partial charge in [0.25, 0.3) is 0 Å². The lowest BCUT2D eigenvalue weighted by Gasteiger charge is -2.31. The molecule has 1 aromatic rings. The summed E-state index contributed by atoms with van der Waals surface area (Å²) in [5.41, 5.74) is 1.50. The molecule has 1 heterocycles. The molecule has 0 aromatic heterocycles. The first-order valence-electron chi connectivity index (χ1n) is 7.42. The number of hydrogen-bond donors (Lipinski definition) is 0. The molecule has 19 heavy (non-hydrogen) atoms. The number of likely N-dealkylation sites (tertiary alicyclic amines) is 1. The molecule has 0 radical (unpaired) electrons. The summed E-state index contributed by atoms with van der Waals surface area (Å²) in [6, 6.07) is 10.9. The predicted molar refractivity (Wildman–Crippen MR) is 83.3 cm³/mol. The quantitative estimate of drug-likeness (QED) is 0.693. The zero-order valence-electron chi connectivity index (χ0n) is 11.8. The summed E-state index contributed by atoms with van der Waals surface area (Å²) in [6.45, 7) is 7.42. The second kappa shape index (κ2) is 7.96. The van der Waals surface area contributed by atoms with Crippen molar-refractivity contribution in [3.05, 3.63) is 60.7 Å². The average molecular weight is 255 g/mol. The van der Waals surface area contributed by atoms with E-state index in [2.05, 4.69) is 47.9 Å². The third-order valence-electron chi connectivity index (χ3n) is 3.96. The van der Waals surface area contributed by atoms with E-state index in [1.54, 1.807) is 0 Å². The molecule has 0 aliphatic carbocycles. The minimum atomic E-state index is 0.877. The van der Waals surface area contributed by atoms with Gasteiger partial charge in [0.1, 0.15) is 0 Å². The van der Waals surface area contributed by atoms with Crippen molar-refractivity contribution in [2.24, 2.45) is 5.92 Å². The van der Waals surface area contributed by atoms with E-state index in [0.29, 0.717) is 0 Å². The Bertz CT molecular complexity index is 385. The molecule has 0 N–H and O–H groups in total. The summed E-state index contributed by atoms with van der Waals surface area (Å²) in [5, 5.41) is 0. The number of rotatable bonds is 6. The van der Waals surface area contributed by atoms with Crippen LogP contribution in [0.3, 0.4) is 0 Å². The molecular formula is C18H25N. The van der Waals surface area contributed by atoms with Gasteiger partial charge in [0.2, 0.25) is 0 Å². The monoisotopic (exact) mass is 255 g/mol. The molecule has 0 atom stereocenters. The van der Waals surface area contributed by atoms with Crippen LogP contribution in [0.4, 0.5) is 0 Å². The molecule has 0 amide bonds. The van der Waals surface area contributed by atoms with E-state index >= 15 is 0 Å². The first-order chi connectivity index (χ1) is 9.38. The normalized spacial score (nSPS) is 17.9. The lowest BCUT2D eigenvalue weighted by Crippen LogP contribution is -2.34.